The smallest absolute Gasteiger partial charge is 0.321 e. The van der Waals surface area contributed by atoms with Crippen LogP contribution in [0, 0.1) is 34.1 Å². The summed E-state index contributed by atoms with van der Waals surface area (Å²) in [6.45, 7) is 4.20. The molecular weight excluding hydrogens is 256 g/mol. The van der Waals surface area contributed by atoms with Crippen LogP contribution in [-0.2, 0) is 0 Å². The fourth-order valence-electron chi connectivity index (χ4n) is 1.56. The van der Waals surface area contributed by atoms with Crippen LogP contribution in [0.15, 0.2) is 6.07 Å². The van der Waals surface area contributed by atoms with Crippen LogP contribution in [0.4, 0.5) is 11.4 Å². The number of nitrogens with zero attached hydrogens (tertiary/aromatic N) is 2. The van der Waals surface area contributed by atoms with Crippen molar-refractivity contribution in [2.75, 3.05) is 6.61 Å². The van der Waals surface area contributed by atoms with Crippen LogP contribution in [0.2, 0.25) is 0 Å². The van der Waals surface area contributed by atoms with E-state index in [-0.39, 0.29) is 6.61 Å². The van der Waals surface area contributed by atoms with Gasteiger partial charge >= 0.3 is 11.4 Å². The highest BCUT2D eigenvalue weighted by molar-refractivity contribution is 5.66. The quantitative estimate of drug-likeness (QED) is 0.645. The molecule has 1 aromatic rings. The molecule has 0 saturated carbocycles. The Morgan fingerprint density at radius 1 is 1.32 bits per heavy atom. The summed E-state index contributed by atoms with van der Waals surface area (Å²) in [5, 5.41) is 31.1. The van der Waals surface area contributed by atoms with Crippen molar-refractivity contribution in [1.29, 1.82) is 0 Å². The minimum absolute atomic E-state index is 0.260. The summed E-state index contributed by atoms with van der Waals surface area (Å²) in [7, 11) is 0. The fourth-order valence-corrected chi connectivity index (χ4v) is 1.56. The predicted molar refractivity (Wildman–Crippen MR) is 66.4 cm³/mol. The van der Waals surface area contributed by atoms with Crippen molar-refractivity contribution in [3.8, 4) is 5.75 Å². The van der Waals surface area contributed by atoms with E-state index in [1.165, 1.54) is 19.9 Å². The van der Waals surface area contributed by atoms with Crippen LogP contribution in [0.1, 0.15) is 18.1 Å². The molecule has 1 atom stereocenters. The first-order chi connectivity index (χ1) is 8.75. The van der Waals surface area contributed by atoms with Gasteiger partial charge in [-0.15, -0.1) is 0 Å². The highest BCUT2D eigenvalue weighted by Crippen LogP contribution is 2.41. The average Bonchev–Trinajstić information content (AvgIpc) is 2.28. The third-order valence-corrected chi connectivity index (χ3v) is 2.60. The molecule has 1 aromatic carbocycles. The van der Waals surface area contributed by atoms with Crippen LogP contribution in [-0.4, -0.2) is 27.7 Å². The second-order valence-electron chi connectivity index (χ2n) is 4.19. The average molecular weight is 270 g/mol. The summed E-state index contributed by atoms with van der Waals surface area (Å²) in [5.41, 5.74) is -0.179. The number of aliphatic hydroxyl groups is 1. The molecule has 0 fully saturated rings. The van der Waals surface area contributed by atoms with Crippen LogP contribution in [0.3, 0.4) is 0 Å². The molecule has 19 heavy (non-hydrogen) atoms. The number of nitro benzene ring substituents is 2. The Morgan fingerprint density at radius 2 is 1.89 bits per heavy atom. The lowest BCUT2D eigenvalue weighted by Gasteiger charge is -2.11. The molecule has 8 heteroatoms. The van der Waals surface area contributed by atoms with Crippen molar-refractivity contribution in [2.45, 2.75) is 26.9 Å². The number of rotatable bonds is 5. The zero-order valence-electron chi connectivity index (χ0n) is 10.7. The van der Waals surface area contributed by atoms with Gasteiger partial charge in [0.2, 0.25) is 0 Å². The Balaban J connectivity index is 3.47. The van der Waals surface area contributed by atoms with E-state index in [1.807, 2.05) is 0 Å². The Labute approximate surface area is 108 Å². The van der Waals surface area contributed by atoms with Crippen molar-refractivity contribution in [2.24, 2.45) is 0 Å². The normalized spacial score (nSPS) is 12.0. The molecule has 0 radical (unpaired) electrons. The predicted octanol–water partition coefficient (Wildman–Crippen LogP) is 1.88. The molecule has 1 N–H and O–H groups in total. The first kappa shape index (κ1) is 14.8. The second-order valence-corrected chi connectivity index (χ2v) is 4.19. The molecule has 104 valence electrons. The molecular formula is C11H14N2O6. The first-order valence-electron chi connectivity index (χ1n) is 5.49. The maximum absolute atomic E-state index is 11.1. The summed E-state index contributed by atoms with van der Waals surface area (Å²) in [6.07, 6.45) is -0.888. The molecule has 1 unspecified atom stereocenters. The summed E-state index contributed by atoms with van der Waals surface area (Å²) in [6, 6.07) is 1.22. The van der Waals surface area contributed by atoms with E-state index >= 15 is 0 Å². The highest BCUT2D eigenvalue weighted by atomic mass is 16.6. The summed E-state index contributed by atoms with van der Waals surface area (Å²) in [4.78, 5) is 20.5. The fraction of sp³-hybridized carbons (Fsp3) is 0.455. The van der Waals surface area contributed by atoms with Gasteiger partial charge in [-0.3, -0.25) is 20.2 Å². The van der Waals surface area contributed by atoms with E-state index in [2.05, 4.69) is 0 Å². The lowest BCUT2D eigenvalue weighted by Crippen LogP contribution is -2.15. The Kier molecular flexibility index (Phi) is 4.38. The zero-order chi connectivity index (χ0) is 14.7. The Morgan fingerprint density at radius 3 is 2.32 bits per heavy atom. The summed E-state index contributed by atoms with van der Waals surface area (Å²) < 4.78 is 5.05. The lowest BCUT2D eigenvalue weighted by atomic mass is 10.1. The molecule has 0 saturated heterocycles. The maximum Gasteiger partial charge on any atom is 0.321 e. The van der Waals surface area contributed by atoms with Gasteiger partial charge in [0.1, 0.15) is 6.61 Å². The van der Waals surface area contributed by atoms with Gasteiger partial charge in [-0.1, -0.05) is 0 Å². The van der Waals surface area contributed by atoms with Gasteiger partial charge < -0.3 is 9.84 Å². The Hall–Kier alpha value is -2.22. The van der Waals surface area contributed by atoms with E-state index in [1.54, 1.807) is 6.92 Å². The number of ether oxygens (including phenoxy) is 1. The van der Waals surface area contributed by atoms with Gasteiger partial charge in [0.15, 0.2) is 0 Å². The van der Waals surface area contributed by atoms with Gasteiger partial charge in [-0.2, -0.15) is 0 Å². The largest absolute Gasteiger partial charge is 0.479 e. The van der Waals surface area contributed by atoms with E-state index in [0.717, 1.165) is 0 Å². The van der Waals surface area contributed by atoms with Gasteiger partial charge in [0.25, 0.3) is 5.75 Å². The molecule has 0 aliphatic rings. The number of aliphatic hydroxyl groups excluding tert-OH is 1. The monoisotopic (exact) mass is 270 g/mol. The van der Waals surface area contributed by atoms with Gasteiger partial charge in [0, 0.05) is 11.6 Å². The lowest BCUT2D eigenvalue weighted by molar-refractivity contribution is -0.396. The van der Waals surface area contributed by atoms with Crippen molar-refractivity contribution in [3.63, 3.8) is 0 Å². The topological polar surface area (TPSA) is 116 Å². The maximum atomic E-state index is 11.1. The third kappa shape index (κ3) is 3.16. The van der Waals surface area contributed by atoms with Gasteiger partial charge in [0.05, 0.1) is 16.0 Å². The third-order valence-electron chi connectivity index (χ3n) is 2.60. The molecule has 8 nitrogen and oxygen atoms in total. The van der Waals surface area contributed by atoms with Crippen LogP contribution < -0.4 is 4.74 Å². The van der Waals surface area contributed by atoms with Crippen LogP contribution >= 0.6 is 0 Å². The van der Waals surface area contributed by atoms with Crippen molar-refractivity contribution >= 4 is 11.4 Å². The summed E-state index contributed by atoms with van der Waals surface area (Å²) >= 11 is 0. The molecule has 0 aliphatic carbocycles. The molecule has 0 spiro atoms. The Bertz CT molecular complexity index is 526. The molecule has 0 heterocycles. The van der Waals surface area contributed by atoms with Crippen molar-refractivity contribution < 1.29 is 19.7 Å². The molecule has 0 amide bonds. The SMILES string of the molecule is Cc1cc([N+](=O)[O-])c(OCC(C)O)c([N+](=O)[O-])c1C. The first-order valence-corrected chi connectivity index (χ1v) is 5.49. The standard InChI is InChI=1S/C11H14N2O6/c1-6-4-9(12(15)16)11(19-5-7(2)14)10(8(6)3)13(17)18/h4,7,14H,5H2,1-3H3. The highest BCUT2D eigenvalue weighted by Gasteiger charge is 2.31. The van der Waals surface area contributed by atoms with Gasteiger partial charge in [-0.25, -0.2) is 0 Å². The van der Waals surface area contributed by atoms with E-state index in [4.69, 9.17) is 9.84 Å². The van der Waals surface area contributed by atoms with Crippen molar-refractivity contribution in [3.05, 3.63) is 37.4 Å². The van der Waals surface area contributed by atoms with Crippen LogP contribution in [0.5, 0.6) is 5.75 Å². The van der Waals surface area contributed by atoms with E-state index in [9.17, 15) is 20.2 Å². The second kappa shape index (κ2) is 5.61. The minimum Gasteiger partial charge on any atom is -0.479 e. The molecule has 0 bridgehead atoms. The van der Waals surface area contributed by atoms with E-state index < -0.39 is 33.1 Å². The number of hydrogen-bond donors (Lipinski definition) is 1. The molecule has 0 aromatic heterocycles. The zero-order valence-corrected chi connectivity index (χ0v) is 10.7. The number of benzene rings is 1. The minimum atomic E-state index is -0.888. The summed E-state index contributed by atoms with van der Waals surface area (Å²) in [5.74, 6) is -0.418. The van der Waals surface area contributed by atoms with Crippen LogP contribution in [0.25, 0.3) is 0 Å². The van der Waals surface area contributed by atoms with Crippen molar-refractivity contribution in [1.82, 2.24) is 0 Å². The molecule has 1 rings (SSSR count). The number of nitro groups is 2. The number of hydrogen-bond acceptors (Lipinski definition) is 6. The van der Waals surface area contributed by atoms with E-state index in [0.29, 0.717) is 11.1 Å². The number of aryl methyl sites for hydroxylation is 1. The molecule has 0 aliphatic heterocycles. The van der Waals surface area contributed by atoms with Gasteiger partial charge in [-0.05, 0) is 26.3 Å².